The summed E-state index contributed by atoms with van der Waals surface area (Å²) in [6.45, 7) is 3.32. The fraction of sp³-hybridized carbons (Fsp3) is 0.588. The van der Waals surface area contributed by atoms with Gasteiger partial charge in [-0.15, -0.1) is 0 Å². The number of nitrogens with zero attached hydrogens (tertiary/aromatic N) is 1. The molecule has 0 bridgehead atoms. The summed E-state index contributed by atoms with van der Waals surface area (Å²) in [6, 6.07) is -2.91. The van der Waals surface area contributed by atoms with Crippen LogP contribution in [0.25, 0.3) is 0 Å². The van der Waals surface area contributed by atoms with E-state index in [1.54, 1.807) is 0 Å². The van der Waals surface area contributed by atoms with Gasteiger partial charge in [0.15, 0.2) is 0 Å². The molecule has 0 spiro atoms. The number of aromatic amines is 1. The molecule has 0 radical (unpaired) electrons. The predicted molar refractivity (Wildman–Crippen MR) is 108 cm³/mol. The molecule has 0 aliphatic rings. The van der Waals surface area contributed by atoms with Crippen LogP contribution in [-0.4, -0.2) is 69.2 Å². The van der Waals surface area contributed by atoms with E-state index in [1.807, 2.05) is 13.8 Å². The molecular weight excluding hydrogens is 400 g/mol. The summed E-state index contributed by atoms with van der Waals surface area (Å²) in [6.07, 6.45) is 3.22. The first-order valence-corrected chi connectivity index (χ1v) is 9.71. The fourth-order valence-electron chi connectivity index (χ4n) is 2.42. The number of carboxylic acid groups (broad SMARTS) is 1. The Bertz CT molecular complexity index is 696. The minimum Gasteiger partial charge on any atom is -0.480 e. The lowest BCUT2D eigenvalue weighted by atomic mass is 10.0. The van der Waals surface area contributed by atoms with E-state index in [4.69, 9.17) is 5.73 Å². The van der Waals surface area contributed by atoms with Crippen LogP contribution < -0.4 is 21.7 Å². The monoisotopic (exact) mass is 428 g/mol. The number of hydrogen-bond acceptors (Lipinski definition) is 7. The van der Waals surface area contributed by atoms with Crippen molar-refractivity contribution in [1.29, 1.82) is 0 Å². The fourth-order valence-corrected chi connectivity index (χ4v) is 2.58. The highest BCUT2D eigenvalue weighted by Gasteiger charge is 2.25. The third kappa shape index (κ3) is 8.96. The number of imidazole rings is 1. The smallest absolute Gasteiger partial charge is 0.326 e. The number of amides is 3. The van der Waals surface area contributed by atoms with Gasteiger partial charge in [0.2, 0.25) is 17.7 Å². The van der Waals surface area contributed by atoms with E-state index in [-0.39, 0.29) is 18.1 Å². The molecule has 0 fully saturated rings. The molecule has 1 aromatic heterocycles. The normalized spacial score (nSPS) is 14.0. The summed E-state index contributed by atoms with van der Waals surface area (Å²) in [5, 5.41) is 16.6. The second kappa shape index (κ2) is 12.1. The largest absolute Gasteiger partial charge is 0.480 e. The summed E-state index contributed by atoms with van der Waals surface area (Å²) < 4.78 is 0. The Morgan fingerprint density at radius 1 is 1.21 bits per heavy atom. The second-order valence-corrected chi connectivity index (χ2v) is 7.30. The number of nitrogens with two attached hydrogens (primary N) is 1. The molecule has 1 rings (SSSR count). The average Bonchev–Trinajstić information content (AvgIpc) is 3.16. The Morgan fingerprint density at radius 2 is 1.90 bits per heavy atom. The van der Waals surface area contributed by atoms with Gasteiger partial charge in [-0.05, 0) is 12.3 Å². The quantitative estimate of drug-likeness (QED) is 0.196. The Hall–Kier alpha value is -2.60. The van der Waals surface area contributed by atoms with E-state index in [0.717, 1.165) is 0 Å². The molecule has 11 nitrogen and oxygen atoms in total. The number of thiol groups is 1. The highest BCUT2D eigenvalue weighted by atomic mass is 32.1. The first-order chi connectivity index (χ1) is 13.6. The minimum atomic E-state index is -1.22. The zero-order valence-corrected chi connectivity index (χ0v) is 17.2. The highest BCUT2D eigenvalue weighted by molar-refractivity contribution is 7.80. The summed E-state index contributed by atoms with van der Waals surface area (Å²) in [7, 11) is 0. The number of carboxylic acids is 1. The molecule has 3 unspecified atom stereocenters. The van der Waals surface area contributed by atoms with Crippen molar-refractivity contribution in [3.05, 3.63) is 18.2 Å². The van der Waals surface area contributed by atoms with Gasteiger partial charge >= 0.3 is 5.97 Å². The summed E-state index contributed by atoms with van der Waals surface area (Å²) in [5.74, 6) is -2.75. The molecule has 12 heteroatoms. The number of aliphatic carboxylic acids is 1. The molecule has 0 aliphatic heterocycles. The van der Waals surface area contributed by atoms with Crippen LogP contribution in [0.3, 0.4) is 0 Å². The Kier molecular flexibility index (Phi) is 10.2. The summed E-state index contributed by atoms with van der Waals surface area (Å²) >= 11 is 3.95. The van der Waals surface area contributed by atoms with E-state index in [1.165, 1.54) is 12.5 Å². The average molecular weight is 429 g/mol. The van der Waals surface area contributed by atoms with Crippen molar-refractivity contribution < 1.29 is 24.3 Å². The van der Waals surface area contributed by atoms with Crippen molar-refractivity contribution in [3.8, 4) is 0 Å². The molecule has 0 aromatic carbocycles. The Morgan fingerprint density at radius 3 is 2.41 bits per heavy atom. The van der Waals surface area contributed by atoms with E-state index in [0.29, 0.717) is 12.1 Å². The molecule has 3 amide bonds. The van der Waals surface area contributed by atoms with Gasteiger partial charge in [0.1, 0.15) is 12.1 Å². The zero-order valence-electron chi connectivity index (χ0n) is 16.3. The van der Waals surface area contributed by atoms with Crippen LogP contribution in [0.4, 0.5) is 0 Å². The molecule has 162 valence electrons. The molecule has 1 heterocycles. The third-order valence-corrected chi connectivity index (χ3v) is 4.30. The van der Waals surface area contributed by atoms with Crippen LogP contribution in [0.2, 0.25) is 0 Å². The van der Waals surface area contributed by atoms with Crippen LogP contribution in [0.1, 0.15) is 26.0 Å². The van der Waals surface area contributed by atoms with Crippen LogP contribution in [0.5, 0.6) is 0 Å². The highest BCUT2D eigenvalue weighted by Crippen LogP contribution is 2.05. The van der Waals surface area contributed by atoms with Crippen LogP contribution >= 0.6 is 12.6 Å². The number of nitrogens with one attached hydrogen (secondary N) is 4. The SMILES string of the molecule is CC(C)CC(NC(=O)C(N)CS)C(=O)NCC(=O)NC(Cc1cnc[nH]1)C(=O)O. The molecule has 7 N–H and O–H groups in total. The van der Waals surface area contributed by atoms with Crippen molar-refractivity contribution in [3.63, 3.8) is 0 Å². The predicted octanol–water partition coefficient (Wildman–Crippen LogP) is -1.57. The second-order valence-electron chi connectivity index (χ2n) is 6.94. The molecule has 0 saturated heterocycles. The van der Waals surface area contributed by atoms with Crippen molar-refractivity contribution >= 4 is 36.3 Å². The van der Waals surface area contributed by atoms with Gasteiger partial charge in [-0.25, -0.2) is 9.78 Å². The number of aromatic nitrogens is 2. The van der Waals surface area contributed by atoms with E-state index in [9.17, 15) is 24.3 Å². The number of hydrogen-bond donors (Lipinski definition) is 7. The van der Waals surface area contributed by atoms with Crippen molar-refractivity contribution in [2.45, 2.75) is 44.8 Å². The summed E-state index contributed by atoms with van der Waals surface area (Å²) in [4.78, 5) is 54.3. The number of carbonyl (C=O) groups excluding carboxylic acids is 3. The van der Waals surface area contributed by atoms with E-state index < -0.39 is 48.4 Å². The summed E-state index contributed by atoms with van der Waals surface area (Å²) in [5.41, 5.74) is 6.15. The molecule has 0 aliphatic carbocycles. The van der Waals surface area contributed by atoms with Gasteiger partial charge in [-0.2, -0.15) is 12.6 Å². The molecule has 3 atom stereocenters. The number of carbonyl (C=O) groups is 4. The van der Waals surface area contributed by atoms with Gasteiger partial charge in [-0.3, -0.25) is 14.4 Å². The Balaban J connectivity index is 2.61. The lowest BCUT2D eigenvalue weighted by molar-refractivity contribution is -0.141. The van der Waals surface area contributed by atoms with Gasteiger partial charge in [0.25, 0.3) is 0 Å². The standard InChI is InChI=1S/C17H28N6O5S/c1-9(2)3-12(23-15(25)11(18)7-29)16(26)20-6-14(24)22-13(17(27)28)4-10-5-19-8-21-10/h5,8-9,11-13,29H,3-4,6-7,18H2,1-2H3,(H,19,21)(H,20,26)(H,22,24)(H,23,25)(H,27,28). The maximum Gasteiger partial charge on any atom is 0.326 e. The van der Waals surface area contributed by atoms with Gasteiger partial charge in [0, 0.05) is 24.1 Å². The van der Waals surface area contributed by atoms with E-state index in [2.05, 4.69) is 38.5 Å². The van der Waals surface area contributed by atoms with Gasteiger partial charge in [0.05, 0.1) is 18.9 Å². The van der Waals surface area contributed by atoms with Crippen LogP contribution in [0.15, 0.2) is 12.5 Å². The van der Waals surface area contributed by atoms with Gasteiger partial charge in [-0.1, -0.05) is 13.8 Å². The molecular formula is C17H28N6O5S. The van der Waals surface area contributed by atoms with Crippen LogP contribution in [-0.2, 0) is 25.6 Å². The number of rotatable bonds is 12. The first-order valence-electron chi connectivity index (χ1n) is 9.08. The first kappa shape index (κ1) is 24.4. The maximum atomic E-state index is 12.4. The topological polar surface area (TPSA) is 179 Å². The molecule has 29 heavy (non-hydrogen) atoms. The Labute approximate surface area is 174 Å². The van der Waals surface area contributed by atoms with Crippen LogP contribution in [0, 0.1) is 5.92 Å². The minimum absolute atomic E-state index is 0.0165. The van der Waals surface area contributed by atoms with E-state index >= 15 is 0 Å². The van der Waals surface area contributed by atoms with Crippen molar-refractivity contribution in [2.24, 2.45) is 11.7 Å². The lowest BCUT2D eigenvalue weighted by Gasteiger charge is -2.22. The number of H-pyrrole nitrogens is 1. The van der Waals surface area contributed by atoms with Crippen molar-refractivity contribution in [1.82, 2.24) is 25.9 Å². The molecule has 1 aromatic rings. The van der Waals surface area contributed by atoms with Crippen molar-refractivity contribution in [2.75, 3.05) is 12.3 Å². The lowest BCUT2D eigenvalue weighted by Crippen LogP contribution is -2.54. The third-order valence-electron chi connectivity index (χ3n) is 3.91. The zero-order chi connectivity index (χ0) is 22.0. The maximum absolute atomic E-state index is 12.4. The van der Waals surface area contributed by atoms with Gasteiger partial charge < -0.3 is 31.8 Å². The molecule has 0 saturated carbocycles.